The van der Waals surface area contributed by atoms with Gasteiger partial charge in [0, 0.05) is 22.3 Å². The van der Waals surface area contributed by atoms with Gasteiger partial charge in [0.1, 0.15) is 16.7 Å². The van der Waals surface area contributed by atoms with Crippen LogP contribution in [0.25, 0.3) is 0 Å². The highest BCUT2D eigenvalue weighted by molar-refractivity contribution is 8.05. The molecule has 1 fully saturated rings. The first-order valence-corrected chi connectivity index (χ1v) is 12.1. The Balaban J connectivity index is 1.68. The molecule has 0 spiro atoms. The van der Waals surface area contributed by atoms with Crippen molar-refractivity contribution in [3.8, 4) is 6.07 Å². The van der Waals surface area contributed by atoms with Gasteiger partial charge in [-0.2, -0.15) is 5.26 Å². The first kappa shape index (κ1) is 23.9. The molecule has 34 heavy (non-hydrogen) atoms. The Labute approximate surface area is 212 Å². The lowest BCUT2D eigenvalue weighted by molar-refractivity contribution is -0.117. The number of hydrogen-bond donors (Lipinski definition) is 1. The van der Waals surface area contributed by atoms with Crippen LogP contribution in [0.5, 0.6) is 0 Å². The monoisotopic (exact) mass is 507 g/mol. The maximum absolute atomic E-state index is 13.5. The Kier molecular flexibility index (Phi) is 7.59. The van der Waals surface area contributed by atoms with Crippen molar-refractivity contribution in [1.82, 2.24) is 5.32 Å². The van der Waals surface area contributed by atoms with E-state index in [1.54, 1.807) is 30.3 Å². The summed E-state index contributed by atoms with van der Waals surface area (Å²) in [4.78, 5) is 27.9. The summed E-state index contributed by atoms with van der Waals surface area (Å²) in [6.45, 7) is 0.265. The van der Waals surface area contributed by atoms with E-state index in [0.29, 0.717) is 22.2 Å². The van der Waals surface area contributed by atoms with Crippen molar-refractivity contribution in [2.45, 2.75) is 18.2 Å². The molecule has 8 heteroatoms. The van der Waals surface area contributed by atoms with Gasteiger partial charge >= 0.3 is 0 Å². The second kappa shape index (κ2) is 10.8. The zero-order chi connectivity index (χ0) is 24.1. The lowest BCUT2D eigenvalue weighted by Gasteiger charge is -2.19. The fourth-order valence-corrected chi connectivity index (χ4v) is 5.18. The molecule has 0 bridgehead atoms. The molecule has 1 heterocycles. The van der Waals surface area contributed by atoms with E-state index in [-0.39, 0.29) is 23.1 Å². The third-order valence-electron chi connectivity index (χ3n) is 5.25. The van der Waals surface area contributed by atoms with Gasteiger partial charge in [0.15, 0.2) is 0 Å². The van der Waals surface area contributed by atoms with Crippen molar-refractivity contribution in [3.05, 3.63) is 111 Å². The van der Waals surface area contributed by atoms with E-state index in [0.717, 1.165) is 11.1 Å². The van der Waals surface area contributed by atoms with Gasteiger partial charge in [-0.1, -0.05) is 83.5 Å². The zero-order valence-corrected chi connectivity index (χ0v) is 20.2. The average molecular weight is 508 g/mol. The normalized spacial score (nSPS) is 16.8. The largest absolute Gasteiger partial charge is 0.347 e. The van der Waals surface area contributed by atoms with Crippen molar-refractivity contribution in [3.63, 3.8) is 0 Å². The number of anilines is 1. The van der Waals surface area contributed by atoms with Crippen LogP contribution in [0.3, 0.4) is 0 Å². The maximum atomic E-state index is 13.5. The molecule has 0 unspecified atom stereocenters. The van der Waals surface area contributed by atoms with Crippen LogP contribution in [-0.4, -0.2) is 17.1 Å². The molecule has 0 saturated carbocycles. The van der Waals surface area contributed by atoms with Crippen LogP contribution in [0.1, 0.15) is 11.1 Å². The minimum atomic E-state index is -0.546. The summed E-state index contributed by atoms with van der Waals surface area (Å²) < 4.78 is 0. The number of benzene rings is 3. The summed E-state index contributed by atoms with van der Waals surface area (Å²) in [5.74, 6) is -0.773. The van der Waals surface area contributed by atoms with Gasteiger partial charge in [0.25, 0.3) is 5.91 Å². The Morgan fingerprint density at radius 2 is 1.68 bits per heavy atom. The van der Waals surface area contributed by atoms with Crippen LogP contribution < -0.4 is 10.2 Å². The number of nitrogens with zero attached hydrogens (tertiary/aromatic N) is 2. The second-order valence-corrected chi connectivity index (χ2v) is 9.55. The van der Waals surface area contributed by atoms with E-state index < -0.39 is 11.2 Å². The first-order valence-electron chi connectivity index (χ1n) is 10.4. The molecule has 3 aromatic carbocycles. The van der Waals surface area contributed by atoms with Gasteiger partial charge in [-0.3, -0.25) is 14.5 Å². The predicted molar refractivity (Wildman–Crippen MR) is 136 cm³/mol. The molecule has 1 aliphatic rings. The Morgan fingerprint density at radius 3 is 2.35 bits per heavy atom. The molecule has 1 atom stereocenters. The van der Waals surface area contributed by atoms with Crippen LogP contribution in [0, 0.1) is 11.3 Å². The molecule has 1 aliphatic heterocycles. The maximum Gasteiger partial charge on any atom is 0.264 e. The van der Waals surface area contributed by atoms with Gasteiger partial charge < -0.3 is 5.32 Å². The lowest BCUT2D eigenvalue weighted by atomic mass is 10.1. The first-order chi connectivity index (χ1) is 16.5. The van der Waals surface area contributed by atoms with Gasteiger partial charge in [-0.15, -0.1) is 0 Å². The number of hydrogen-bond acceptors (Lipinski definition) is 4. The van der Waals surface area contributed by atoms with E-state index in [1.807, 2.05) is 54.6 Å². The molecule has 3 aromatic rings. The van der Waals surface area contributed by atoms with Crippen LogP contribution in [0.4, 0.5) is 5.69 Å². The van der Waals surface area contributed by atoms with Gasteiger partial charge in [0.2, 0.25) is 5.91 Å². The van der Waals surface area contributed by atoms with Gasteiger partial charge in [-0.25, -0.2) is 0 Å². The van der Waals surface area contributed by atoms with Crippen molar-refractivity contribution in [2.24, 2.45) is 0 Å². The number of carbonyl (C=O) groups excluding carboxylic acids is 2. The van der Waals surface area contributed by atoms with Gasteiger partial charge in [0.05, 0.1) is 5.25 Å². The summed E-state index contributed by atoms with van der Waals surface area (Å²) in [6.07, 6.45) is 0.362. The quantitative estimate of drug-likeness (QED) is 0.341. The van der Waals surface area contributed by atoms with E-state index in [4.69, 9.17) is 23.2 Å². The van der Waals surface area contributed by atoms with Gasteiger partial charge in [-0.05, 0) is 47.9 Å². The molecule has 5 nitrogen and oxygen atoms in total. The minimum Gasteiger partial charge on any atom is -0.347 e. The van der Waals surface area contributed by atoms with Crippen molar-refractivity contribution < 1.29 is 9.59 Å². The third kappa shape index (κ3) is 5.28. The summed E-state index contributed by atoms with van der Waals surface area (Å²) in [5, 5.41) is 13.5. The van der Waals surface area contributed by atoms with Crippen molar-refractivity contribution in [1.29, 1.82) is 5.26 Å². The SMILES string of the molecule is N#C/C(C(=O)NCc1ccccc1)=C1/S[C@H](Cc2ccccc2Cl)C(=O)N1c1ccc(Cl)cc1. The summed E-state index contributed by atoms with van der Waals surface area (Å²) in [7, 11) is 0. The topological polar surface area (TPSA) is 73.2 Å². The Hall–Kier alpha value is -3.24. The van der Waals surface area contributed by atoms with Crippen LogP contribution in [0.2, 0.25) is 10.0 Å². The molecule has 0 aromatic heterocycles. The molecule has 170 valence electrons. The molecule has 0 aliphatic carbocycles. The van der Waals surface area contributed by atoms with E-state index in [1.165, 1.54) is 16.7 Å². The molecule has 4 rings (SSSR count). The number of amides is 2. The summed E-state index contributed by atoms with van der Waals surface area (Å²) in [5.41, 5.74) is 2.13. The average Bonchev–Trinajstić information content (AvgIpc) is 3.16. The molecular formula is C26H19Cl2N3O2S. The number of thioether (sulfide) groups is 1. The zero-order valence-electron chi connectivity index (χ0n) is 17.9. The van der Waals surface area contributed by atoms with E-state index >= 15 is 0 Å². The number of nitriles is 1. The molecule has 1 N–H and O–H groups in total. The number of nitrogens with one attached hydrogen (secondary N) is 1. The van der Waals surface area contributed by atoms with E-state index in [2.05, 4.69) is 5.32 Å². The fourth-order valence-electron chi connectivity index (χ4n) is 3.54. The second-order valence-electron chi connectivity index (χ2n) is 7.51. The molecule has 1 saturated heterocycles. The van der Waals surface area contributed by atoms with Crippen LogP contribution in [0.15, 0.2) is 89.5 Å². The Bertz CT molecular complexity index is 1290. The molecule has 0 radical (unpaired) electrons. The predicted octanol–water partition coefficient (Wildman–Crippen LogP) is 5.74. The highest BCUT2D eigenvalue weighted by Crippen LogP contribution is 2.42. The smallest absolute Gasteiger partial charge is 0.264 e. The summed E-state index contributed by atoms with van der Waals surface area (Å²) >= 11 is 13.5. The molecule has 2 amide bonds. The molecular weight excluding hydrogens is 489 g/mol. The standard InChI is InChI=1S/C26H19Cl2N3O2S/c27-19-10-12-20(13-11-19)31-25(33)23(14-18-8-4-5-9-22(18)28)34-26(31)21(15-29)24(32)30-16-17-6-2-1-3-7-17/h1-13,23H,14,16H2,(H,30,32)/b26-21-/t23-/m1/s1. The Morgan fingerprint density at radius 1 is 1.00 bits per heavy atom. The number of rotatable bonds is 6. The van der Waals surface area contributed by atoms with Crippen LogP contribution in [-0.2, 0) is 22.6 Å². The third-order valence-corrected chi connectivity index (χ3v) is 7.13. The summed E-state index contributed by atoms with van der Waals surface area (Å²) in [6, 6.07) is 25.4. The van der Waals surface area contributed by atoms with E-state index in [9.17, 15) is 14.9 Å². The lowest BCUT2D eigenvalue weighted by Crippen LogP contribution is -2.32. The highest BCUT2D eigenvalue weighted by atomic mass is 35.5. The highest BCUT2D eigenvalue weighted by Gasteiger charge is 2.41. The number of halogens is 2. The van der Waals surface area contributed by atoms with Crippen molar-refractivity contribution in [2.75, 3.05) is 4.90 Å². The fraction of sp³-hybridized carbons (Fsp3) is 0.115. The van der Waals surface area contributed by atoms with Crippen molar-refractivity contribution >= 4 is 52.5 Å². The number of carbonyl (C=O) groups is 2. The minimum absolute atomic E-state index is 0.120. The van der Waals surface area contributed by atoms with Crippen LogP contribution >= 0.6 is 35.0 Å².